The first-order chi connectivity index (χ1) is 9.25. The van der Waals surface area contributed by atoms with E-state index in [0.29, 0.717) is 12.1 Å². The summed E-state index contributed by atoms with van der Waals surface area (Å²) in [6, 6.07) is 6.39. The lowest BCUT2D eigenvalue weighted by Crippen LogP contribution is -2.29. The molecule has 1 aliphatic rings. The molecule has 1 aromatic rings. The molecule has 4 heteroatoms. The second kappa shape index (κ2) is 6.66. The zero-order valence-corrected chi connectivity index (χ0v) is 11.9. The van der Waals surface area contributed by atoms with Gasteiger partial charge in [-0.3, -0.25) is 0 Å². The molecular weight excluding hydrogens is 242 g/mol. The van der Waals surface area contributed by atoms with Gasteiger partial charge in [0.05, 0.1) is 20.3 Å². The highest BCUT2D eigenvalue weighted by Crippen LogP contribution is 2.29. The Morgan fingerprint density at radius 1 is 0.895 bits per heavy atom. The fourth-order valence-corrected chi connectivity index (χ4v) is 2.57. The largest absolute Gasteiger partial charge is 0.497 e. The fraction of sp³-hybridized carbons (Fsp3) is 0.600. The summed E-state index contributed by atoms with van der Waals surface area (Å²) in [5.41, 5.74) is 1.05. The number of benzene rings is 1. The first-order valence-electron chi connectivity index (χ1n) is 6.77. The smallest absolute Gasteiger partial charge is 0.124 e. The second-order valence-electron chi connectivity index (χ2n) is 4.96. The molecule has 0 heterocycles. The summed E-state index contributed by atoms with van der Waals surface area (Å²) in [5.74, 6) is 1.62. The van der Waals surface area contributed by atoms with E-state index in [9.17, 15) is 0 Å². The van der Waals surface area contributed by atoms with Crippen LogP contribution in [0.1, 0.15) is 25.7 Å². The van der Waals surface area contributed by atoms with E-state index in [1.54, 1.807) is 21.3 Å². The van der Waals surface area contributed by atoms with Crippen LogP contribution in [0.25, 0.3) is 0 Å². The highest BCUT2D eigenvalue weighted by molar-refractivity contribution is 5.54. The van der Waals surface area contributed by atoms with Crippen LogP contribution in [0.4, 0.5) is 5.69 Å². The normalized spacial score (nSPS) is 22.9. The van der Waals surface area contributed by atoms with E-state index >= 15 is 0 Å². The lowest BCUT2D eigenvalue weighted by atomic mass is 9.93. The summed E-state index contributed by atoms with van der Waals surface area (Å²) in [4.78, 5) is 0. The van der Waals surface area contributed by atoms with Gasteiger partial charge >= 0.3 is 0 Å². The molecule has 0 spiro atoms. The van der Waals surface area contributed by atoms with Gasteiger partial charge in [0.15, 0.2) is 0 Å². The molecule has 1 saturated carbocycles. The molecule has 0 bridgehead atoms. The third kappa shape index (κ3) is 3.77. The lowest BCUT2D eigenvalue weighted by Gasteiger charge is -2.29. The fourth-order valence-electron chi connectivity index (χ4n) is 2.57. The van der Waals surface area contributed by atoms with Gasteiger partial charge in [0.1, 0.15) is 11.5 Å². The van der Waals surface area contributed by atoms with E-state index < -0.39 is 0 Å². The van der Waals surface area contributed by atoms with Gasteiger partial charge in [-0.25, -0.2) is 0 Å². The Morgan fingerprint density at radius 2 is 1.47 bits per heavy atom. The highest BCUT2D eigenvalue weighted by atomic mass is 16.5. The molecule has 1 N–H and O–H groups in total. The number of hydrogen-bond donors (Lipinski definition) is 1. The van der Waals surface area contributed by atoms with Crippen molar-refractivity contribution < 1.29 is 14.2 Å². The van der Waals surface area contributed by atoms with Crippen LogP contribution >= 0.6 is 0 Å². The van der Waals surface area contributed by atoms with E-state index in [0.717, 1.165) is 42.9 Å². The third-order valence-corrected chi connectivity index (χ3v) is 3.73. The Bertz CT molecular complexity index is 378. The number of ether oxygens (including phenoxy) is 3. The van der Waals surface area contributed by atoms with Crippen molar-refractivity contribution in [2.24, 2.45) is 0 Å². The van der Waals surface area contributed by atoms with Crippen molar-refractivity contribution in [1.82, 2.24) is 0 Å². The zero-order valence-electron chi connectivity index (χ0n) is 11.9. The van der Waals surface area contributed by atoms with Gasteiger partial charge < -0.3 is 19.5 Å². The van der Waals surface area contributed by atoms with E-state index in [-0.39, 0.29) is 0 Å². The predicted molar refractivity (Wildman–Crippen MR) is 76.2 cm³/mol. The molecule has 2 rings (SSSR count). The van der Waals surface area contributed by atoms with Crippen molar-refractivity contribution >= 4 is 5.69 Å². The van der Waals surface area contributed by atoms with Crippen LogP contribution in [-0.4, -0.2) is 33.5 Å². The molecule has 19 heavy (non-hydrogen) atoms. The molecule has 1 aliphatic carbocycles. The molecule has 0 aromatic heterocycles. The summed E-state index contributed by atoms with van der Waals surface area (Å²) in [7, 11) is 5.13. The number of anilines is 1. The van der Waals surface area contributed by atoms with Crippen LogP contribution in [0.3, 0.4) is 0 Å². The SMILES string of the molecule is COc1cc(NC2CCC(OC)CC2)cc(OC)c1. The summed E-state index contributed by atoms with van der Waals surface area (Å²) in [6.07, 6.45) is 4.94. The monoisotopic (exact) mass is 265 g/mol. The second-order valence-corrected chi connectivity index (χ2v) is 4.96. The van der Waals surface area contributed by atoms with Gasteiger partial charge in [0, 0.05) is 37.0 Å². The van der Waals surface area contributed by atoms with Crippen LogP contribution in [0.2, 0.25) is 0 Å². The molecule has 0 amide bonds. The van der Waals surface area contributed by atoms with E-state index in [1.807, 2.05) is 18.2 Å². The molecule has 0 unspecified atom stereocenters. The molecule has 0 saturated heterocycles. The van der Waals surface area contributed by atoms with E-state index in [1.165, 1.54) is 0 Å². The van der Waals surface area contributed by atoms with E-state index in [4.69, 9.17) is 14.2 Å². The van der Waals surface area contributed by atoms with Crippen LogP contribution in [0, 0.1) is 0 Å². The third-order valence-electron chi connectivity index (χ3n) is 3.73. The van der Waals surface area contributed by atoms with Crippen molar-refractivity contribution in [1.29, 1.82) is 0 Å². The van der Waals surface area contributed by atoms with Crippen LogP contribution in [0.5, 0.6) is 11.5 Å². The Hall–Kier alpha value is -1.42. The Kier molecular flexibility index (Phi) is 4.91. The summed E-state index contributed by atoms with van der Waals surface area (Å²) >= 11 is 0. The Morgan fingerprint density at radius 3 is 1.95 bits per heavy atom. The van der Waals surface area contributed by atoms with Gasteiger partial charge in [-0.2, -0.15) is 0 Å². The number of methoxy groups -OCH3 is 3. The summed E-state index contributed by atoms with van der Waals surface area (Å²) < 4.78 is 16.0. The maximum atomic E-state index is 5.39. The van der Waals surface area contributed by atoms with Crippen LogP contribution < -0.4 is 14.8 Å². The molecular formula is C15H23NO3. The average molecular weight is 265 g/mol. The molecule has 1 aromatic carbocycles. The zero-order chi connectivity index (χ0) is 13.7. The lowest BCUT2D eigenvalue weighted by molar-refractivity contribution is 0.0682. The van der Waals surface area contributed by atoms with E-state index in [2.05, 4.69) is 5.32 Å². The average Bonchev–Trinajstić information content (AvgIpc) is 2.47. The molecule has 106 valence electrons. The minimum atomic E-state index is 0.429. The van der Waals surface area contributed by atoms with Crippen molar-refractivity contribution in [3.8, 4) is 11.5 Å². The molecule has 0 aliphatic heterocycles. The quantitative estimate of drug-likeness (QED) is 0.888. The Labute approximate surface area is 115 Å². The topological polar surface area (TPSA) is 39.7 Å². The van der Waals surface area contributed by atoms with Crippen molar-refractivity contribution in [2.75, 3.05) is 26.6 Å². The minimum Gasteiger partial charge on any atom is -0.497 e. The summed E-state index contributed by atoms with van der Waals surface area (Å²) in [6.45, 7) is 0. The van der Waals surface area contributed by atoms with Crippen LogP contribution in [0.15, 0.2) is 18.2 Å². The number of hydrogen-bond acceptors (Lipinski definition) is 4. The maximum absolute atomic E-state index is 5.39. The molecule has 0 atom stereocenters. The van der Waals surface area contributed by atoms with Crippen molar-refractivity contribution in [2.45, 2.75) is 37.8 Å². The predicted octanol–water partition coefficient (Wildman–Crippen LogP) is 3.07. The number of rotatable bonds is 5. The first kappa shape index (κ1) is 14.0. The van der Waals surface area contributed by atoms with Crippen molar-refractivity contribution in [3.63, 3.8) is 0 Å². The highest BCUT2D eigenvalue weighted by Gasteiger charge is 2.20. The van der Waals surface area contributed by atoms with Gasteiger partial charge in [-0.1, -0.05) is 0 Å². The minimum absolute atomic E-state index is 0.429. The van der Waals surface area contributed by atoms with Gasteiger partial charge in [-0.15, -0.1) is 0 Å². The van der Waals surface area contributed by atoms with Crippen molar-refractivity contribution in [3.05, 3.63) is 18.2 Å². The molecule has 4 nitrogen and oxygen atoms in total. The van der Waals surface area contributed by atoms with Gasteiger partial charge in [0.25, 0.3) is 0 Å². The van der Waals surface area contributed by atoms with Gasteiger partial charge in [-0.05, 0) is 25.7 Å². The summed E-state index contributed by atoms with van der Waals surface area (Å²) in [5, 5.41) is 3.56. The maximum Gasteiger partial charge on any atom is 0.124 e. The Balaban J connectivity index is 1.99. The van der Waals surface area contributed by atoms with Crippen LogP contribution in [-0.2, 0) is 4.74 Å². The standard InChI is InChI=1S/C15H23NO3/c1-17-13-6-4-11(5-7-13)16-12-8-14(18-2)10-15(9-12)19-3/h8-11,13,16H,4-7H2,1-3H3. The number of nitrogens with one attached hydrogen (secondary N) is 1. The molecule has 1 fully saturated rings. The first-order valence-corrected chi connectivity index (χ1v) is 6.77. The molecule has 0 radical (unpaired) electrons. The van der Waals surface area contributed by atoms with Gasteiger partial charge in [0.2, 0.25) is 0 Å².